The van der Waals surface area contributed by atoms with Gasteiger partial charge in [0.2, 0.25) is 5.91 Å². The third kappa shape index (κ3) is 4.83. The summed E-state index contributed by atoms with van der Waals surface area (Å²) in [5.41, 5.74) is -0.919. The standard InChI is InChI=1S/C10H19N3O/c1-10(2,8-11)9(14)12-6-5-7-13(3)4/h5-7H2,1-4H3,(H,12,14). The number of nitriles is 1. The number of carbonyl (C=O) groups is 1. The Morgan fingerprint density at radius 3 is 2.50 bits per heavy atom. The second kappa shape index (κ2) is 5.61. The highest BCUT2D eigenvalue weighted by Crippen LogP contribution is 2.12. The van der Waals surface area contributed by atoms with Gasteiger partial charge in [-0.25, -0.2) is 0 Å². The molecular weight excluding hydrogens is 178 g/mol. The van der Waals surface area contributed by atoms with E-state index in [1.165, 1.54) is 0 Å². The monoisotopic (exact) mass is 197 g/mol. The number of amides is 1. The molecule has 0 aliphatic carbocycles. The lowest BCUT2D eigenvalue weighted by atomic mass is 9.95. The Labute approximate surface area is 85.9 Å². The Hall–Kier alpha value is -1.08. The molecule has 0 aromatic carbocycles. The number of rotatable bonds is 5. The van der Waals surface area contributed by atoms with Crippen molar-refractivity contribution >= 4 is 5.91 Å². The van der Waals surface area contributed by atoms with E-state index in [1.807, 2.05) is 20.2 Å². The molecule has 0 heterocycles. The van der Waals surface area contributed by atoms with Crippen LogP contribution in [0.3, 0.4) is 0 Å². The molecule has 14 heavy (non-hydrogen) atoms. The summed E-state index contributed by atoms with van der Waals surface area (Å²) in [7, 11) is 3.97. The van der Waals surface area contributed by atoms with E-state index in [1.54, 1.807) is 13.8 Å². The van der Waals surface area contributed by atoms with Gasteiger partial charge in [0, 0.05) is 6.54 Å². The second-order valence-corrected chi connectivity index (χ2v) is 4.15. The molecule has 0 aromatic heterocycles. The van der Waals surface area contributed by atoms with Gasteiger partial charge >= 0.3 is 0 Å². The maximum Gasteiger partial charge on any atom is 0.239 e. The van der Waals surface area contributed by atoms with E-state index < -0.39 is 5.41 Å². The third-order valence-corrected chi connectivity index (χ3v) is 1.91. The molecule has 0 radical (unpaired) electrons. The van der Waals surface area contributed by atoms with Gasteiger partial charge in [-0.2, -0.15) is 5.26 Å². The van der Waals surface area contributed by atoms with Crippen LogP contribution in [0.25, 0.3) is 0 Å². The zero-order chi connectivity index (χ0) is 11.2. The number of hydrogen-bond donors (Lipinski definition) is 1. The molecule has 0 spiro atoms. The van der Waals surface area contributed by atoms with Crippen LogP contribution in [-0.2, 0) is 4.79 Å². The highest BCUT2D eigenvalue weighted by molar-refractivity contribution is 5.84. The van der Waals surface area contributed by atoms with E-state index in [0.717, 1.165) is 13.0 Å². The quantitative estimate of drug-likeness (QED) is 0.657. The van der Waals surface area contributed by atoms with Crippen molar-refractivity contribution in [3.05, 3.63) is 0 Å². The van der Waals surface area contributed by atoms with Gasteiger partial charge in [-0.1, -0.05) is 0 Å². The van der Waals surface area contributed by atoms with Gasteiger partial charge in [-0.3, -0.25) is 4.79 Å². The molecule has 0 atom stereocenters. The van der Waals surface area contributed by atoms with Crippen LogP contribution in [0.5, 0.6) is 0 Å². The van der Waals surface area contributed by atoms with E-state index in [-0.39, 0.29) is 5.91 Å². The minimum absolute atomic E-state index is 0.196. The molecule has 0 aliphatic heterocycles. The second-order valence-electron chi connectivity index (χ2n) is 4.15. The highest BCUT2D eigenvalue weighted by Gasteiger charge is 2.26. The Balaban J connectivity index is 3.72. The first kappa shape index (κ1) is 12.9. The van der Waals surface area contributed by atoms with Gasteiger partial charge in [0.25, 0.3) is 0 Å². The molecule has 4 heteroatoms. The van der Waals surface area contributed by atoms with Crippen LogP contribution in [0.2, 0.25) is 0 Å². The fourth-order valence-corrected chi connectivity index (χ4v) is 0.869. The fraction of sp³-hybridized carbons (Fsp3) is 0.800. The summed E-state index contributed by atoms with van der Waals surface area (Å²) in [6, 6.07) is 1.97. The van der Waals surface area contributed by atoms with Gasteiger partial charge in [-0.15, -0.1) is 0 Å². The van der Waals surface area contributed by atoms with Crippen molar-refractivity contribution in [2.24, 2.45) is 5.41 Å². The van der Waals surface area contributed by atoms with E-state index in [4.69, 9.17) is 5.26 Å². The molecule has 0 rings (SSSR count). The molecule has 0 saturated heterocycles. The summed E-state index contributed by atoms with van der Waals surface area (Å²) < 4.78 is 0. The van der Waals surface area contributed by atoms with E-state index in [9.17, 15) is 4.79 Å². The van der Waals surface area contributed by atoms with Crippen LogP contribution < -0.4 is 5.32 Å². The van der Waals surface area contributed by atoms with Gasteiger partial charge in [-0.05, 0) is 40.9 Å². The summed E-state index contributed by atoms with van der Waals surface area (Å²) in [5, 5.41) is 11.4. The summed E-state index contributed by atoms with van der Waals surface area (Å²) in [6.07, 6.45) is 0.903. The molecule has 0 bridgehead atoms. The fourth-order valence-electron chi connectivity index (χ4n) is 0.869. The van der Waals surface area contributed by atoms with Crippen LogP contribution in [-0.4, -0.2) is 38.0 Å². The van der Waals surface area contributed by atoms with Crippen LogP contribution in [0.15, 0.2) is 0 Å². The maximum absolute atomic E-state index is 11.4. The largest absolute Gasteiger partial charge is 0.355 e. The van der Waals surface area contributed by atoms with Crippen molar-refractivity contribution in [3.8, 4) is 6.07 Å². The first-order valence-corrected chi connectivity index (χ1v) is 4.74. The van der Waals surface area contributed by atoms with Crippen LogP contribution in [0.4, 0.5) is 0 Å². The average molecular weight is 197 g/mol. The normalized spacial score (nSPS) is 11.1. The summed E-state index contributed by atoms with van der Waals surface area (Å²) in [5.74, 6) is -0.196. The lowest BCUT2D eigenvalue weighted by Crippen LogP contribution is -2.37. The summed E-state index contributed by atoms with van der Waals surface area (Å²) in [6.45, 7) is 4.80. The van der Waals surface area contributed by atoms with Crippen LogP contribution in [0, 0.1) is 16.7 Å². The summed E-state index contributed by atoms with van der Waals surface area (Å²) in [4.78, 5) is 13.5. The SMILES string of the molecule is CN(C)CCCNC(=O)C(C)(C)C#N. The highest BCUT2D eigenvalue weighted by atomic mass is 16.2. The minimum atomic E-state index is -0.919. The number of nitrogens with one attached hydrogen (secondary N) is 1. The predicted molar refractivity (Wildman–Crippen MR) is 55.6 cm³/mol. The lowest BCUT2D eigenvalue weighted by Gasteiger charge is -2.15. The average Bonchev–Trinajstić information content (AvgIpc) is 2.11. The maximum atomic E-state index is 11.4. The molecule has 80 valence electrons. The minimum Gasteiger partial charge on any atom is -0.355 e. The molecular formula is C10H19N3O. The molecule has 4 nitrogen and oxygen atoms in total. The van der Waals surface area contributed by atoms with E-state index in [2.05, 4.69) is 10.2 Å². The van der Waals surface area contributed by atoms with Crippen LogP contribution >= 0.6 is 0 Å². The van der Waals surface area contributed by atoms with Crippen molar-refractivity contribution in [3.63, 3.8) is 0 Å². The van der Waals surface area contributed by atoms with Crippen molar-refractivity contribution in [2.45, 2.75) is 20.3 Å². The van der Waals surface area contributed by atoms with Crippen molar-refractivity contribution in [2.75, 3.05) is 27.2 Å². The Morgan fingerprint density at radius 2 is 2.07 bits per heavy atom. The first-order valence-electron chi connectivity index (χ1n) is 4.74. The van der Waals surface area contributed by atoms with Gasteiger partial charge < -0.3 is 10.2 Å². The van der Waals surface area contributed by atoms with Crippen LogP contribution in [0.1, 0.15) is 20.3 Å². The Morgan fingerprint density at radius 1 is 1.50 bits per heavy atom. The lowest BCUT2D eigenvalue weighted by molar-refractivity contribution is -0.126. The van der Waals surface area contributed by atoms with Crippen molar-refractivity contribution in [1.82, 2.24) is 10.2 Å². The molecule has 0 saturated carbocycles. The van der Waals surface area contributed by atoms with Gasteiger partial charge in [0.1, 0.15) is 5.41 Å². The molecule has 1 amide bonds. The molecule has 1 N–H and O–H groups in total. The summed E-state index contributed by atoms with van der Waals surface area (Å²) >= 11 is 0. The molecule has 0 aliphatic rings. The molecule has 0 unspecified atom stereocenters. The Kier molecular flexibility index (Phi) is 5.18. The number of nitrogens with zero attached hydrogens (tertiary/aromatic N) is 2. The number of carbonyl (C=O) groups excluding carboxylic acids is 1. The van der Waals surface area contributed by atoms with Gasteiger partial charge in [0.05, 0.1) is 6.07 Å². The third-order valence-electron chi connectivity index (χ3n) is 1.91. The van der Waals surface area contributed by atoms with Crippen molar-refractivity contribution in [1.29, 1.82) is 5.26 Å². The number of hydrogen-bond acceptors (Lipinski definition) is 3. The zero-order valence-electron chi connectivity index (χ0n) is 9.42. The Bertz CT molecular complexity index is 228. The van der Waals surface area contributed by atoms with E-state index >= 15 is 0 Å². The predicted octanol–water partition coefficient (Wildman–Crippen LogP) is 0.604. The topological polar surface area (TPSA) is 56.1 Å². The smallest absolute Gasteiger partial charge is 0.239 e. The molecule has 0 fully saturated rings. The molecule has 0 aromatic rings. The van der Waals surface area contributed by atoms with Gasteiger partial charge in [0.15, 0.2) is 0 Å². The van der Waals surface area contributed by atoms with E-state index in [0.29, 0.717) is 6.54 Å². The zero-order valence-corrected chi connectivity index (χ0v) is 9.42. The first-order chi connectivity index (χ1) is 6.40. The van der Waals surface area contributed by atoms with Crippen molar-refractivity contribution < 1.29 is 4.79 Å².